The average molecular weight is 273 g/mol. The van der Waals surface area contributed by atoms with Gasteiger partial charge in [-0.1, -0.05) is 0 Å². The summed E-state index contributed by atoms with van der Waals surface area (Å²) in [4.78, 5) is 10.9. The van der Waals surface area contributed by atoms with E-state index in [1.165, 1.54) is 23.3 Å². The molecule has 0 unspecified atom stereocenters. The summed E-state index contributed by atoms with van der Waals surface area (Å²) in [5.41, 5.74) is 3.52. The molecule has 1 aliphatic carbocycles. The summed E-state index contributed by atoms with van der Waals surface area (Å²) in [5.74, 6) is 2.60. The molecule has 3 rings (SSSR count). The summed E-state index contributed by atoms with van der Waals surface area (Å²) < 4.78 is 0. The Hall–Kier alpha value is -1.42. The van der Waals surface area contributed by atoms with Gasteiger partial charge >= 0.3 is 0 Å². The standard InChI is InChI=1S/C15H19N3S/c1-4-16-14-9(2)13(12-7-8-19-10(12)3)17-15(18-14)11-5-6-11/h7-8,11H,4-6H2,1-3H3,(H,16,17,18). The first-order valence-corrected chi connectivity index (χ1v) is 7.75. The minimum atomic E-state index is 0.579. The molecule has 0 radical (unpaired) electrons. The van der Waals surface area contributed by atoms with Crippen molar-refractivity contribution >= 4 is 17.2 Å². The number of hydrogen-bond acceptors (Lipinski definition) is 4. The molecule has 1 saturated carbocycles. The van der Waals surface area contributed by atoms with Gasteiger partial charge in [-0.3, -0.25) is 0 Å². The molecule has 0 bridgehead atoms. The fourth-order valence-electron chi connectivity index (χ4n) is 2.29. The van der Waals surface area contributed by atoms with E-state index in [-0.39, 0.29) is 0 Å². The summed E-state index contributed by atoms with van der Waals surface area (Å²) >= 11 is 1.78. The molecule has 19 heavy (non-hydrogen) atoms. The Morgan fingerprint density at radius 3 is 2.68 bits per heavy atom. The van der Waals surface area contributed by atoms with Crippen LogP contribution < -0.4 is 5.32 Å². The van der Waals surface area contributed by atoms with Crippen molar-refractivity contribution in [1.29, 1.82) is 0 Å². The fourth-order valence-corrected chi connectivity index (χ4v) is 2.99. The molecule has 2 heterocycles. The second-order valence-electron chi connectivity index (χ2n) is 5.10. The van der Waals surface area contributed by atoms with Crippen LogP contribution in [0.15, 0.2) is 11.4 Å². The molecule has 0 atom stereocenters. The van der Waals surface area contributed by atoms with Crippen molar-refractivity contribution < 1.29 is 0 Å². The van der Waals surface area contributed by atoms with E-state index in [4.69, 9.17) is 9.97 Å². The zero-order chi connectivity index (χ0) is 13.4. The number of nitrogens with zero attached hydrogens (tertiary/aromatic N) is 2. The van der Waals surface area contributed by atoms with E-state index in [1.807, 2.05) is 0 Å². The molecule has 4 heteroatoms. The zero-order valence-electron chi connectivity index (χ0n) is 11.7. The van der Waals surface area contributed by atoms with E-state index in [2.05, 4.69) is 37.5 Å². The van der Waals surface area contributed by atoms with Gasteiger partial charge in [0.25, 0.3) is 0 Å². The van der Waals surface area contributed by atoms with Crippen molar-refractivity contribution in [3.05, 3.63) is 27.7 Å². The molecule has 2 aromatic heterocycles. The molecule has 1 N–H and O–H groups in total. The SMILES string of the molecule is CCNc1nc(C2CC2)nc(-c2ccsc2C)c1C. The van der Waals surface area contributed by atoms with Crippen LogP contribution in [0, 0.1) is 13.8 Å². The van der Waals surface area contributed by atoms with Crippen molar-refractivity contribution in [3.8, 4) is 11.3 Å². The van der Waals surface area contributed by atoms with Crippen LogP contribution in [0.1, 0.15) is 41.9 Å². The molecule has 2 aromatic rings. The van der Waals surface area contributed by atoms with Gasteiger partial charge in [0.2, 0.25) is 0 Å². The van der Waals surface area contributed by atoms with Crippen molar-refractivity contribution in [2.75, 3.05) is 11.9 Å². The van der Waals surface area contributed by atoms with Crippen molar-refractivity contribution in [2.45, 2.75) is 39.5 Å². The van der Waals surface area contributed by atoms with Crippen LogP contribution in [0.2, 0.25) is 0 Å². The summed E-state index contributed by atoms with van der Waals surface area (Å²) in [6, 6.07) is 2.17. The third-order valence-electron chi connectivity index (χ3n) is 3.56. The maximum Gasteiger partial charge on any atom is 0.134 e. The van der Waals surface area contributed by atoms with E-state index in [0.29, 0.717) is 5.92 Å². The monoisotopic (exact) mass is 273 g/mol. The van der Waals surface area contributed by atoms with Crippen LogP contribution in [0.4, 0.5) is 5.82 Å². The highest BCUT2D eigenvalue weighted by Crippen LogP contribution is 2.40. The Balaban J connectivity index is 2.13. The summed E-state index contributed by atoms with van der Waals surface area (Å²) in [6.45, 7) is 7.27. The number of anilines is 1. The Morgan fingerprint density at radius 1 is 1.32 bits per heavy atom. The quantitative estimate of drug-likeness (QED) is 0.910. The molecule has 0 saturated heterocycles. The lowest BCUT2D eigenvalue weighted by molar-refractivity contribution is 0.918. The second-order valence-corrected chi connectivity index (χ2v) is 6.22. The van der Waals surface area contributed by atoms with Crippen molar-refractivity contribution in [3.63, 3.8) is 0 Å². The third-order valence-corrected chi connectivity index (χ3v) is 4.41. The molecule has 0 amide bonds. The van der Waals surface area contributed by atoms with Gasteiger partial charge in [-0.15, -0.1) is 11.3 Å². The first-order chi connectivity index (χ1) is 9.20. The van der Waals surface area contributed by atoms with E-state index in [1.54, 1.807) is 11.3 Å². The van der Waals surface area contributed by atoms with Crippen molar-refractivity contribution in [2.24, 2.45) is 0 Å². The number of thiophene rings is 1. The first kappa shape index (κ1) is 12.6. The number of aromatic nitrogens is 2. The van der Waals surface area contributed by atoms with Gasteiger partial charge in [0.05, 0.1) is 5.69 Å². The van der Waals surface area contributed by atoms with Gasteiger partial charge in [0, 0.05) is 28.5 Å². The van der Waals surface area contributed by atoms with E-state index in [9.17, 15) is 0 Å². The number of aryl methyl sites for hydroxylation is 1. The minimum absolute atomic E-state index is 0.579. The molecule has 0 spiro atoms. The summed E-state index contributed by atoms with van der Waals surface area (Å²) in [5, 5.41) is 5.51. The van der Waals surface area contributed by atoms with E-state index >= 15 is 0 Å². The fraction of sp³-hybridized carbons (Fsp3) is 0.467. The molecule has 3 nitrogen and oxygen atoms in total. The van der Waals surface area contributed by atoms with Crippen LogP contribution in [-0.4, -0.2) is 16.5 Å². The topological polar surface area (TPSA) is 37.8 Å². The maximum absolute atomic E-state index is 4.84. The van der Waals surface area contributed by atoms with Crippen LogP contribution >= 0.6 is 11.3 Å². The normalized spacial score (nSPS) is 14.7. The van der Waals surface area contributed by atoms with Gasteiger partial charge in [0.15, 0.2) is 0 Å². The highest BCUT2D eigenvalue weighted by atomic mass is 32.1. The number of rotatable bonds is 4. The highest BCUT2D eigenvalue weighted by molar-refractivity contribution is 7.10. The lowest BCUT2D eigenvalue weighted by Crippen LogP contribution is -2.07. The van der Waals surface area contributed by atoms with E-state index in [0.717, 1.165) is 29.4 Å². The van der Waals surface area contributed by atoms with Crippen LogP contribution in [0.5, 0.6) is 0 Å². The lowest BCUT2D eigenvalue weighted by atomic mass is 10.1. The van der Waals surface area contributed by atoms with Crippen LogP contribution in [0.25, 0.3) is 11.3 Å². The van der Waals surface area contributed by atoms with Crippen molar-refractivity contribution in [1.82, 2.24) is 9.97 Å². The maximum atomic E-state index is 4.84. The largest absolute Gasteiger partial charge is 0.370 e. The molecular weight excluding hydrogens is 254 g/mol. The molecule has 100 valence electrons. The molecule has 0 aromatic carbocycles. The molecule has 1 fully saturated rings. The highest BCUT2D eigenvalue weighted by Gasteiger charge is 2.28. The third kappa shape index (κ3) is 2.37. The van der Waals surface area contributed by atoms with Crippen LogP contribution in [-0.2, 0) is 0 Å². The van der Waals surface area contributed by atoms with Gasteiger partial charge in [-0.05, 0) is 45.1 Å². The minimum Gasteiger partial charge on any atom is -0.370 e. The summed E-state index contributed by atoms with van der Waals surface area (Å²) in [6.07, 6.45) is 2.47. The molecular formula is C15H19N3S. The van der Waals surface area contributed by atoms with E-state index < -0.39 is 0 Å². The average Bonchev–Trinajstić information content (AvgIpc) is 3.15. The predicted molar refractivity (Wildman–Crippen MR) is 81.0 cm³/mol. The predicted octanol–water partition coefficient (Wildman–Crippen LogP) is 4.13. The number of nitrogens with one attached hydrogen (secondary N) is 1. The Labute approximate surface area is 118 Å². The first-order valence-electron chi connectivity index (χ1n) is 6.87. The van der Waals surface area contributed by atoms with Gasteiger partial charge in [-0.2, -0.15) is 0 Å². The second kappa shape index (κ2) is 4.93. The Kier molecular flexibility index (Phi) is 3.27. The number of hydrogen-bond donors (Lipinski definition) is 1. The molecule has 1 aliphatic rings. The van der Waals surface area contributed by atoms with Gasteiger partial charge in [0.1, 0.15) is 11.6 Å². The van der Waals surface area contributed by atoms with Gasteiger partial charge in [-0.25, -0.2) is 9.97 Å². The molecule has 0 aliphatic heterocycles. The Morgan fingerprint density at radius 2 is 2.11 bits per heavy atom. The Bertz CT molecular complexity index is 599. The lowest BCUT2D eigenvalue weighted by Gasteiger charge is -2.13. The smallest absolute Gasteiger partial charge is 0.134 e. The van der Waals surface area contributed by atoms with Crippen LogP contribution in [0.3, 0.4) is 0 Å². The zero-order valence-corrected chi connectivity index (χ0v) is 12.5. The summed E-state index contributed by atoms with van der Waals surface area (Å²) in [7, 11) is 0. The van der Waals surface area contributed by atoms with Gasteiger partial charge < -0.3 is 5.32 Å².